The monoisotopic (exact) mass is 282 g/mol. The first-order valence-corrected chi connectivity index (χ1v) is 7.29. The zero-order chi connectivity index (χ0) is 15.2. The van der Waals surface area contributed by atoms with Gasteiger partial charge in [0.25, 0.3) is 0 Å². The van der Waals surface area contributed by atoms with Gasteiger partial charge in [0, 0.05) is 11.4 Å². The highest BCUT2D eigenvalue weighted by Crippen LogP contribution is 2.16. The number of rotatable bonds is 5. The quantitative estimate of drug-likeness (QED) is 0.865. The molecule has 110 valence electrons. The van der Waals surface area contributed by atoms with E-state index in [1.165, 1.54) is 11.1 Å². The smallest absolute Gasteiger partial charge is 0.246 e. The summed E-state index contributed by atoms with van der Waals surface area (Å²) < 4.78 is 0. The first-order valence-electron chi connectivity index (χ1n) is 7.29. The maximum atomic E-state index is 12.3. The number of para-hydroxylation sites is 1. The molecule has 3 heteroatoms. The molecule has 0 aliphatic rings. The number of anilines is 2. The normalized spacial score (nSPS) is 11.8. The number of carbonyl (C=O) groups is 1. The molecule has 2 N–H and O–H groups in total. The van der Waals surface area contributed by atoms with Crippen LogP contribution in [0.1, 0.15) is 24.5 Å². The highest BCUT2D eigenvalue weighted by atomic mass is 16.2. The lowest BCUT2D eigenvalue weighted by Crippen LogP contribution is -2.34. The van der Waals surface area contributed by atoms with Crippen molar-refractivity contribution < 1.29 is 4.79 Å². The molecule has 0 aromatic heterocycles. The Morgan fingerprint density at radius 3 is 2.19 bits per heavy atom. The molecule has 3 nitrogen and oxygen atoms in total. The van der Waals surface area contributed by atoms with Gasteiger partial charge in [-0.3, -0.25) is 4.79 Å². The standard InChI is InChI=1S/C18H22N2O/c1-4-17(18(21)20-15-8-6-5-7-9-15)19-16-11-13(2)10-14(3)12-16/h5-12,17,19H,4H2,1-3H3,(H,20,21). The second-order valence-corrected chi connectivity index (χ2v) is 5.34. The van der Waals surface area contributed by atoms with E-state index in [9.17, 15) is 4.79 Å². The largest absolute Gasteiger partial charge is 0.374 e. The third-order valence-electron chi connectivity index (χ3n) is 3.33. The summed E-state index contributed by atoms with van der Waals surface area (Å²) in [7, 11) is 0. The summed E-state index contributed by atoms with van der Waals surface area (Å²) in [6.07, 6.45) is 0.728. The van der Waals surface area contributed by atoms with E-state index in [1.807, 2.05) is 37.3 Å². The van der Waals surface area contributed by atoms with Gasteiger partial charge in [-0.1, -0.05) is 31.2 Å². The molecule has 0 heterocycles. The zero-order valence-electron chi connectivity index (χ0n) is 12.8. The average molecular weight is 282 g/mol. The van der Waals surface area contributed by atoms with Crippen LogP contribution in [-0.4, -0.2) is 11.9 Å². The molecule has 0 fully saturated rings. The number of aryl methyl sites for hydroxylation is 2. The Bertz CT molecular complexity index is 588. The van der Waals surface area contributed by atoms with Crippen LogP contribution in [0.25, 0.3) is 0 Å². The van der Waals surface area contributed by atoms with E-state index in [-0.39, 0.29) is 11.9 Å². The Morgan fingerprint density at radius 1 is 1.00 bits per heavy atom. The number of nitrogens with one attached hydrogen (secondary N) is 2. The fourth-order valence-electron chi connectivity index (χ4n) is 2.36. The fraction of sp³-hybridized carbons (Fsp3) is 0.278. The topological polar surface area (TPSA) is 41.1 Å². The minimum atomic E-state index is -0.244. The summed E-state index contributed by atoms with van der Waals surface area (Å²) in [5.41, 5.74) is 4.19. The molecule has 0 aliphatic heterocycles. The van der Waals surface area contributed by atoms with Gasteiger partial charge in [-0.15, -0.1) is 0 Å². The second kappa shape index (κ2) is 6.93. The van der Waals surface area contributed by atoms with Crippen LogP contribution in [0.3, 0.4) is 0 Å². The Labute approximate surface area is 126 Å². The first-order chi connectivity index (χ1) is 10.1. The van der Waals surface area contributed by atoms with E-state index < -0.39 is 0 Å². The predicted molar refractivity (Wildman–Crippen MR) is 88.7 cm³/mol. The van der Waals surface area contributed by atoms with Gasteiger partial charge in [-0.05, 0) is 55.7 Å². The third kappa shape index (κ3) is 4.35. The van der Waals surface area contributed by atoms with Gasteiger partial charge in [-0.2, -0.15) is 0 Å². The van der Waals surface area contributed by atoms with Crippen molar-refractivity contribution in [2.24, 2.45) is 0 Å². The van der Waals surface area contributed by atoms with Gasteiger partial charge >= 0.3 is 0 Å². The molecule has 2 aromatic carbocycles. The zero-order valence-corrected chi connectivity index (χ0v) is 12.8. The van der Waals surface area contributed by atoms with Crippen LogP contribution >= 0.6 is 0 Å². The van der Waals surface area contributed by atoms with Crippen molar-refractivity contribution in [1.29, 1.82) is 0 Å². The van der Waals surface area contributed by atoms with E-state index in [2.05, 4.69) is 42.7 Å². The molecular formula is C18H22N2O. The Hall–Kier alpha value is -2.29. The number of carbonyl (C=O) groups excluding carboxylic acids is 1. The van der Waals surface area contributed by atoms with Crippen molar-refractivity contribution in [3.63, 3.8) is 0 Å². The van der Waals surface area contributed by atoms with Crippen molar-refractivity contribution in [1.82, 2.24) is 0 Å². The number of amides is 1. The minimum Gasteiger partial charge on any atom is -0.374 e. The van der Waals surface area contributed by atoms with Crippen molar-refractivity contribution in [2.45, 2.75) is 33.2 Å². The van der Waals surface area contributed by atoms with Crippen LogP contribution in [0, 0.1) is 13.8 Å². The van der Waals surface area contributed by atoms with Crippen LogP contribution < -0.4 is 10.6 Å². The lowest BCUT2D eigenvalue weighted by Gasteiger charge is -2.18. The van der Waals surface area contributed by atoms with Crippen molar-refractivity contribution >= 4 is 17.3 Å². The van der Waals surface area contributed by atoms with Crippen LogP contribution in [-0.2, 0) is 4.79 Å². The molecular weight excluding hydrogens is 260 g/mol. The molecule has 0 radical (unpaired) electrons. The van der Waals surface area contributed by atoms with Gasteiger partial charge in [0.1, 0.15) is 6.04 Å². The van der Waals surface area contributed by atoms with Crippen LogP contribution in [0.5, 0.6) is 0 Å². The fourth-order valence-corrected chi connectivity index (χ4v) is 2.36. The molecule has 0 spiro atoms. The summed E-state index contributed by atoms with van der Waals surface area (Å²) in [6.45, 7) is 6.12. The van der Waals surface area contributed by atoms with Crippen LogP contribution in [0.4, 0.5) is 11.4 Å². The molecule has 0 bridgehead atoms. The molecule has 21 heavy (non-hydrogen) atoms. The molecule has 0 saturated carbocycles. The molecule has 1 amide bonds. The third-order valence-corrected chi connectivity index (χ3v) is 3.33. The summed E-state index contributed by atoms with van der Waals surface area (Å²) in [5.74, 6) is -0.0112. The van der Waals surface area contributed by atoms with Crippen LogP contribution in [0.15, 0.2) is 48.5 Å². The molecule has 2 aromatic rings. The highest BCUT2D eigenvalue weighted by Gasteiger charge is 2.16. The lowest BCUT2D eigenvalue weighted by atomic mass is 10.1. The summed E-state index contributed by atoms with van der Waals surface area (Å²) in [4.78, 5) is 12.3. The molecule has 1 atom stereocenters. The summed E-state index contributed by atoms with van der Waals surface area (Å²) >= 11 is 0. The highest BCUT2D eigenvalue weighted by molar-refractivity contribution is 5.96. The van der Waals surface area contributed by atoms with Gasteiger partial charge in [-0.25, -0.2) is 0 Å². The maximum absolute atomic E-state index is 12.3. The maximum Gasteiger partial charge on any atom is 0.246 e. The second-order valence-electron chi connectivity index (χ2n) is 5.34. The van der Waals surface area contributed by atoms with E-state index in [1.54, 1.807) is 0 Å². The van der Waals surface area contributed by atoms with Gasteiger partial charge in [0.2, 0.25) is 5.91 Å². The Morgan fingerprint density at radius 2 is 1.62 bits per heavy atom. The number of hydrogen-bond donors (Lipinski definition) is 2. The summed E-state index contributed by atoms with van der Waals surface area (Å²) in [5, 5.41) is 6.26. The Kier molecular flexibility index (Phi) is 4.99. The van der Waals surface area contributed by atoms with E-state index in [0.717, 1.165) is 17.8 Å². The molecule has 0 aliphatic carbocycles. The first kappa shape index (κ1) is 15.1. The predicted octanol–water partition coefficient (Wildman–Crippen LogP) is 4.13. The van der Waals surface area contributed by atoms with Crippen molar-refractivity contribution in [3.05, 3.63) is 59.7 Å². The molecule has 1 unspecified atom stereocenters. The van der Waals surface area contributed by atoms with Crippen molar-refractivity contribution in [3.8, 4) is 0 Å². The van der Waals surface area contributed by atoms with E-state index in [0.29, 0.717) is 0 Å². The summed E-state index contributed by atoms with van der Waals surface area (Å²) in [6, 6.07) is 15.5. The van der Waals surface area contributed by atoms with Crippen molar-refractivity contribution in [2.75, 3.05) is 10.6 Å². The number of hydrogen-bond acceptors (Lipinski definition) is 2. The van der Waals surface area contributed by atoms with Gasteiger partial charge in [0.15, 0.2) is 0 Å². The van der Waals surface area contributed by atoms with Crippen LogP contribution in [0.2, 0.25) is 0 Å². The number of benzene rings is 2. The lowest BCUT2D eigenvalue weighted by molar-refractivity contribution is -0.116. The van der Waals surface area contributed by atoms with E-state index in [4.69, 9.17) is 0 Å². The van der Waals surface area contributed by atoms with E-state index >= 15 is 0 Å². The van der Waals surface area contributed by atoms with Gasteiger partial charge < -0.3 is 10.6 Å². The SMILES string of the molecule is CCC(Nc1cc(C)cc(C)c1)C(=O)Nc1ccccc1. The van der Waals surface area contributed by atoms with Gasteiger partial charge in [0.05, 0.1) is 0 Å². The Balaban J connectivity index is 2.07. The average Bonchev–Trinajstić information content (AvgIpc) is 2.44. The minimum absolute atomic E-state index is 0.0112. The molecule has 0 saturated heterocycles. The molecule has 2 rings (SSSR count).